The van der Waals surface area contributed by atoms with Crippen molar-refractivity contribution < 1.29 is 5.21 Å². The van der Waals surface area contributed by atoms with Crippen LogP contribution in [-0.2, 0) is 0 Å². The second-order valence-electron chi connectivity index (χ2n) is 3.08. The quantitative estimate of drug-likeness (QED) is 0.685. The fraction of sp³-hybridized carbons (Fsp3) is 0.444. The highest BCUT2D eigenvalue weighted by atomic mass is 16.5. The van der Waals surface area contributed by atoms with Gasteiger partial charge in [0.2, 0.25) is 0 Å². The monoisotopic (exact) mass is 164 g/mol. The zero-order chi connectivity index (χ0) is 8.39. The van der Waals surface area contributed by atoms with Crippen molar-refractivity contribution in [3.63, 3.8) is 0 Å². The van der Waals surface area contributed by atoms with E-state index in [1.165, 1.54) is 5.06 Å². The molecule has 0 aliphatic carbocycles. The Morgan fingerprint density at radius 1 is 1.50 bits per heavy atom. The van der Waals surface area contributed by atoms with Gasteiger partial charge < -0.3 is 5.21 Å². The van der Waals surface area contributed by atoms with E-state index >= 15 is 0 Å². The Labute approximate surface area is 71.6 Å². The average Bonchev–Trinajstić information content (AvgIpc) is 2.53. The Morgan fingerprint density at radius 2 is 2.42 bits per heavy atom. The van der Waals surface area contributed by atoms with Gasteiger partial charge in [-0.05, 0) is 25.0 Å². The van der Waals surface area contributed by atoms with E-state index in [2.05, 4.69) is 4.98 Å². The van der Waals surface area contributed by atoms with Gasteiger partial charge in [-0.1, -0.05) is 6.07 Å². The number of hydrogen-bond acceptors (Lipinski definition) is 3. The molecule has 3 nitrogen and oxygen atoms in total. The second-order valence-corrected chi connectivity index (χ2v) is 3.08. The minimum absolute atomic E-state index is 0.117. The minimum atomic E-state index is 0.117. The fourth-order valence-corrected chi connectivity index (χ4v) is 1.63. The highest BCUT2D eigenvalue weighted by Gasteiger charge is 2.24. The molecule has 0 radical (unpaired) electrons. The van der Waals surface area contributed by atoms with Crippen molar-refractivity contribution in [3.8, 4) is 0 Å². The topological polar surface area (TPSA) is 36.4 Å². The van der Waals surface area contributed by atoms with Crippen LogP contribution in [0.15, 0.2) is 24.4 Å². The number of hydroxylamine groups is 2. The molecule has 1 N–H and O–H groups in total. The molecule has 1 saturated heterocycles. The summed E-state index contributed by atoms with van der Waals surface area (Å²) >= 11 is 0. The van der Waals surface area contributed by atoms with E-state index in [9.17, 15) is 5.21 Å². The Hall–Kier alpha value is -0.930. The molecular weight excluding hydrogens is 152 g/mol. The summed E-state index contributed by atoms with van der Waals surface area (Å²) in [6.45, 7) is 0.765. The number of rotatable bonds is 1. The Kier molecular flexibility index (Phi) is 2.06. The van der Waals surface area contributed by atoms with E-state index in [4.69, 9.17) is 0 Å². The lowest BCUT2D eigenvalue weighted by Crippen LogP contribution is -2.18. The standard InChI is InChI=1S/C9H12N2O/c12-11-7-3-5-9(11)8-4-1-2-6-10-8/h1-2,4,6,9,12H,3,5,7H2. The SMILES string of the molecule is ON1CCCC1c1ccccn1. The van der Waals surface area contributed by atoms with Gasteiger partial charge in [0.15, 0.2) is 0 Å². The molecular formula is C9H12N2O. The molecule has 1 aliphatic heterocycles. The molecule has 0 amide bonds. The number of nitrogens with zero attached hydrogens (tertiary/aromatic N) is 2. The summed E-state index contributed by atoms with van der Waals surface area (Å²) in [5.74, 6) is 0. The van der Waals surface area contributed by atoms with Gasteiger partial charge in [-0.2, -0.15) is 5.06 Å². The summed E-state index contributed by atoms with van der Waals surface area (Å²) in [5, 5.41) is 10.8. The summed E-state index contributed by atoms with van der Waals surface area (Å²) in [5.41, 5.74) is 0.970. The van der Waals surface area contributed by atoms with Crippen LogP contribution in [-0.4, -0.2) is 21.8 Å². The minimum Gasteiger partial charge on any atom is -0.313 e. The molecule has 0 spiro atoms. The van der Waals surface area contributed by atoms with Crippen molar-refractivity contribution >= 4 is 0 Å². The molecule has 1 unspecified atom stereocenters. The van der Waals surface area contributed by atoms with Crippen LogP contribution < -0.4 is 0 Å². The van der Waals surface area contributed by atoms with Crippen LogP contribution in [0.25, 0.3) is 0 Å². The summed E-state index contributed by atoms with van der Waals surface area (Å²) in [6.07, 6.45) is 3.83. The third-order valence-electron chi connectivity index (χ3n) is 2.25. The first-order valence-corrected chi connectivity index (χ1v) is 4.24. The first kappa shape index (κ1) is 7.71. The van der Waals surface area contributed by atoms with Gasteiger partial charge in [-0.25, -0.2) is 0 Å². The Balaban J connectivity index is 2.19. The largest absolute Gasteiger partial charge is 0.313 e. The van der Waals surface area contributed by atoms with Crippen LogP contribution in [0.1, 0.15) is 24.6 Å². The van der Waals surface area contributed by atoms with Gasteiger partial charge in [-0.15, -0.1) is 0 Å². The number of pyridine rings is 1. The third kappa shape index (κ3) is 1.33. The van der Waals surface area contributed by atoms with Gasteiger partial charge in [0.05, 0.1) is 11.7 Å². The van der Waals surface area contributed by atoms with E-state index in [-0.39, 0.29) is 6.04 Å². The van der Waals surface area contributed by atoms with Crippen molar-refractivity contribution in [1.29, 1.82) is 0 Å². The summed E-state index contributed by atoms with van der Waals surface area (Å²) in [7, 11) is 0. The van der Waals surface area contributed by atoms with Crippen LogP contribution in [0.5, 0.6) is 0 Å². The molecule has 1 aliphatic rings. The molecule has 64 valence electrons. The molecule has 0 saturated carbocycles. The van der Waals surface area contributed by atoms with Gasteiger partial charge >= 0.3 is 0 Å². The van der Waals surface area contributed by atoms with E-state index < -0.39 is 0 Å². The molecule has 3 heteroatoms. The summed E-state index contributed by atoms with van der Waals surface area (Å²) in [4.78, 5) is 4.21. The van der Waals surface area contributed by atoms with Crippen LogP contribution in [0.4, 0.5) is 0 Å². The van der Waals surface area contributed by atoms with Gasteiger partial charge in [-0.3, -0.25) is 4.98 Å². The third-order valence-corrected chi connectivity index (χ3v) is 2.25. The molecule has 0 bridgehead atoms. The predicted molar refractivity (Wildman–Crippen MR) is 44.7 cm³/mol. The van der Waals surface area contributed by atoms with Gasteiger partial charge in [0, 0.05) is 12.7 Å². The van der Waals surface area contributed by atoms with Gasteiger partial charge in [0.25, 0.3) is 0 Å². The zero-order valence-corrected chi connectivity index (χ0v) is 6.85. The maximum absolute atomic E-state index is 9.44. The molecule has 2 heterocycles. The lowest BCUT2D eigenvalue weighted by Gasteiger charge is -2.16. The van der Waals surface area contributed by atoms with E-state index in [0.717, 1.165) is 25.1 Å². The highest BCUT2D eigenvalue weighted by Crippen LogP contribution is 2.28. The summed E-state index contributed by atoms with van der Waals surface area (Å²) in [6, 6.07) is 5.92. The van der Waals surface area contributed by atoms with E-state index in [1.54, 1.807) is 6.20 Å². The molecule has 12 heavy (non-hydrogen) atoms. The number of aromatic nitrogens is 1. The maximum Gasteiger partial charge on any atom is 0.0771 e. The van der Waals surface area contributed by atoms with Crippen LogP contribution in [0, 0.1) is 0 Å². The highest BCUT2D eigenvalue weighted by molar-refractivity contribution is 5.09. The fourth-order valence-electron chi connectivity index (χ4n) is 1.63. The first-order valence-electron chi connectivity index (χ1n) is 4.24. The molecule has 0 aromatic carbocycles. The van der Waals surface area contributed by atoms with Crippen LogP contribution in [0.2, 0.25) is 0 Å². The molecule has 1 aromatic heterocycles. The lowest BCUT2D eigenvalue weighted by atomic mass is 10.1. The van der Waals surface area contributed by atoms with E-state index in [0.29, 0.717) is 0 Å². The van der Waals surface area contributed by atoms with E-state index in [1.807, 2.05) is 18.2 Å². The van der Waals surface area contributed by atoms with Crippen molar-refractivity contribution in [2.24, 2.45) is 0 Å². The second kappa shape index (κ2) is 3.21. The molecule has 1 fully saturated rings. The van der Waals surface area contributed by atoms with Crippen molar-refractivity contribution in [3.05, 3.63) is 30.1 Å². The molecule has 2 rings (SSSR count). The van der Waals surface area contributed by atoms with Crippen molar-refractivity contribution in [1.82, 2.24) is 10.0 Å². The summed E-state index contributed by atoms with van der Waals surface area (Å²) < 4.78 is 0. The zero-order valence-electron chi connectivity index (χ0n) is 6.85. The lowest BCUT2D eigenvalue weighted by molar-refractivity contribution is -0.105. The smallest absolute Gasteiger partial charge is 0.0771 e. The molecule has 1 aromatic rings. The molecule has 1 atom stereocenters. The van der Waals surface area contributed by atoms with Crippen LogP contribution >= 0.6 is 0 Å². The Morgan fingerprint density at radius 3 is 3.00 bits per heavy atom. The van der Waals surface area contributed by atoms with Crippen LogP contribution in [0.3, 0.4) is 0 Å². The normalized spacial score (nSPS) is 24.6. The predicted octanol–water partition coefficient (Wildman–Crippen LogP) is 1.61. The average molecular weight is 164 g/mol. The first-order chi connectivity index (χ1) is 5.88. The van der Waals surface area contributed by atoms with Crippen molar-refractivity contribution in [2.45, 2.75) is 18.9 Å². The Bertz CT molecular complexity index is 250. The van der Waals surface area contributed by atoms with Crippen molar-refractivity contribution in [2.75, 3.05) is 6.54 Å². The number of hydrogen-bond donors (Lipinski definition) is 1. The van der Waals surface area contributed by atoms with Gasteiger partial charge in [0.1, 0.15) is 0 Å². The maximum atomic E-state index is 9.44.